The molecule has 0 aliphatic carbocycles. The van der Waals surface area contributed by atoms with Crippen LogP contribution < -0.4 is 5.32 Å². The number of hydrogen-bond acceptors (Lipinski definition) is 5. The zero-order valence-corrected chi connectivity index (χ0v) is 15.6. The molecule has 8 heteroatoms. The standard InChI is InChI=1S/C18H21ClN2O5/c1-4-25-16(23)18(20-11-22,17(24)26-5-2)9-12-10-21(3)15-13(12)7-6-8-14(15)19/h6-8,10-11H,4-5,9H2,1-3H3,(H,20,22). The van der Waals surface area contributed by atoms with E-state index in [-0.39, 0.29) is 19.6 Å². The Hall–Kier alpha value is -2.54. The molecule has 1 aromatic heterocycles. The lowest BCUT2D eigenvalue weighted by atomic mass is 9.90. The van der Waals surface area contributed by atoms with Gasteiger partial charge in [0.05, 0.1) is 23.8 Å². The van der Waals surface area contributed by atoms with Crippen LogP contribution in [0.2, 0.25) is 5.02 Å². The van der Waals surface area contributed by atoms with Crippen molar-refractivity contribution in [3.63, 3.8) is 0 Å². The first-order chi connectivity index (χ1) is 12.4. The molecule has 1 aromatic carbocycles. The number of halogens is 1. The summed E-state index contributed by atoms with van der Waals surface area (Å²) in [4.78, 5) is 36.4. The predicted molar refractivity (Wildman–Crippen MR) is 96.8 cm³/mol. The van der Waals surface area contributed by atoms with Crippen LogP contribution in [-0.2, 0) is 37.3 Å². The smallest absolute Gasteiger partial charge is 0.344 e. The molecule has 7 nitrogen and oxygen atoms in total. The van der Waals surface area contributed by atoms with Crippen LogP contribution in [0.4, 0.5) is 0 Å². The number of esters is 2. The van der Waals surface area contributed by atoms with Gasteiger partial charge in [-0.05, 0) is 25.5 Å². The SMILES string of the molecule is CCOC(=O)C(Cc1cn(C)c2c(Cl)cccc12)(NC=O)C(=O)OCC. The molecule has 140 valence electrons. The van der Waals surface area contributed by atoms with Crippen LogP contribution >= 0.6 is 11.6 Å². The summed E-state index contributed by atoms with van der Waals surface area (Å²) in [6, 6.07) is 5.36. The third-order valence-corrected chi connectivity index (χ3v) is 4.35. The van der Waals surface area contributed by atoms with E-state index in [4.69, 9.17) is 21.1 Å². The Balaban J connectivity index is 2.59. The van der Waals surface area contributed by atoms with Gasteiger partial charge in [0.15, 0.2) is 0 Å². The van der Waals surface area contributed by atoms with Crippen molar-refractivity contribution in [3.8, 4) is 0 Å². The highest BCUT2D eigenvalue weighted by molar-refractivity contribution is 6.35. The summed E-state index contributed by atoms with van der Waals surface area (Å²) < 4.78 is 11.9. The molecule has 0 saturated carbocycles. The minimum absolute atomic E-state index is 0.0574. The van der Waals surface area contributed by atoms with E-state index in [1.54, 1.807) is 43.8 Å². The van der Waals surface area contributed by atoms with Gasteiger partial charge in [-0.25, -0.2) is 9.59 Å². The van der Waals surface area contributed by atoms with Gasteiger partial charge in [-0.2, -0.15) is 0 Å². The molecular weight excluding hydrogens is 360 g/mol. The van der Waals surface area contributed by atoms with Gasteiger partial charge in [0.1, 0.15) is 0 Å². The number of rotatable bonds is 8. The second-order valence-corrected chi connectivity index (χ2v) is 6.09. The second-order valence-electron chi connectivity index (χ2n) is 5.69. The molecule has 0 aliphatic rings. The average Bonchev–Trinajstić information content (AvgIpc) is 2.91. The third kappa shape index (κ3) is 3.53. The maximum atomic E-state index is 12.6. The molecule has 2 rings (SSSR count). The molecule has 0 unspecified atom stereocenters. The molecule has 0 radical (unpaired) electrons. The van der Waals surface area contributed by atoms with Crippen LogP contribution in [0, 0.1) is 0 Å². The fourth-order valence-corrected chi connectivity index (χ4v) is 3.24. The number of para-hydroxylation sites is 1. The Morgan fingerprint density at radius 1 is 1.23 bits per heavy atom. The highest BCUT2D eigenvalue weighted by Gasteiger charge is 2.49. The summed E-state index contributed by atoms with van der Waals surface area (Å²) in [6.45, 7) is 3.35. The minimum atomic E-state index is -1.97. The van der Waals surface area contributed by atoms with Crippen molar-refractivity contribution in [1.29, 1.82) is 0 Å². The average molecular weight is 381 g/mol. The lowest BCUT2D eigenvalue weighted by Crippen LogP contribution is -2.60. The number of hydrogen-bond donors (Lipinski definition) is 1. The van der Waals surface area contributed by atoms with E-state index >= 15 is 0 Å². The van der Waals surface area contributed by atoms with Crippen LogP contribution in [0.3, 0.4) is 0 Å². The molecule has 0 saturated heterocycles. The Morgan fingerprint density at radius 3 is 2.38 bits per heavy atom. The summed E-state index contributed by atoms with van der Waals surface area (Å²) in [5.74, 6) is -1.74. The van der Waals surface area contributed by atoms with Crippen molar-refractivity contribution < 1.29 is 23.9 Å². The lowest BCUT2D eigenvalue weighted by Gasteiger charge is -2.28. The zero-order valence-electron chi connectivity index (χ0n) is 14.9. The number of benzene rings is 1. The molecule has 2 aromatic rings. The minimum Gasteiger partial charge on any atom is -0.464 e. The summed E-state index contributed by atoms with van der Waals surface area (Å²) in [5, 5.41) is 3.64. The van der Waals surface area contributed by atoms with E-state index in [1.165, 1.54) is 0 Å². The Kier molecular flexibility index (Phi) is 6.26. The zero-order chi connectivity index (χ0) is 19.3. The van der Waals surface area contributed by atoms with Crippen molar-refractivity contribution in [2.45, 2.75) is 25.8 Å². The molecule has 0 spiro atoms. The van der Waals surface area contributed by atoms with Crippen molar-refractivity contribution in [1.82, 2.24) is 9.88 Å². The molecule has 1 heterocycles. The Labute approximate surface area is 156 Å². The van der Waals surface area contributed by atoms with Gasteiger partial charge in [0.25, 0.3) is 0 Å². The molecule has 1 amide bonds. The summed E-state index contributed by atoms with van der Waals surface area (Å²) >= 11 is 6.26. The molecular formula is C18H21ClN2O5. The topological polar surface area (TPSA) is 86.6 Å². The number of aryl methyl sites for hydroxylation is 1. The second kappa shape index (κ2) is 8.23. The Bertz CT molecular complexity index is 812. The molecule has 0 bridgehead atoms. The maximum absolute atomic E-state index is 12.6. The highest BCUT2D eigenvalue weighted by atomic mass is 35.5. The fourth-order valence-electron chi connectivity index (χ4n) is 2.93. The van der Waals surface area contributed by atoms with Crippen molar-refractivity contribution in [2.24, 2.45) is 7.05 Å². The number of amides is 1. The lowest BCUT2D eigenvalue weighted by molar-refractivity contribution is -0.167. The third-order valence-electron chi connectivity index (χ3n) is 4.04. The summed E-state index contributed by atoms with van der Waals surface area (Å²) in [5.41, 5.74) is -0.554. The molecule has 0 fully saturated rings. The van der Waals surface area contributed by atoms with E-state index in [0.717, 1.165) is 10.9 Å². The van der Waals surface area contributed by atoms with E-state index in [2.05, 4.69) is 5.32 Å². The highest BCUT2D eigenvalue weighted by Crippen LogP contribution is 2.30. The van der Waals surface area contributed by atoms with Crippen molar-refractivity contribution in [3.05, 3.63) is 35.0 Å². The molecule has 26 heavy (non-hydrogen) atoms. The number of fused-ring (bicyclic) bond motifs is 1. The number of ether oxygens (including phenoxy) is 2. The number of aromatic nitrogens is 1. The van der Waals surface area contributed by atoms with Gasteiger partial charge in [0, 0.05) is 25.1 Å². The number of carbonyl (C=O) groups is 3. The van der Waals surface area contributed by atoms with Crippen molar-refractivity contribution >= 4 is 40.9 Å². The van der Waals surface area contributed by atoms with E-state index in [0.29, 0.717) is 17.0 Å². The van der Waals surface area contributed by atoms with Gasteiger partial charge < -0.3 is 19.4 Å². The van der Waals surface area contributed by atoms with Crippen molar-refractivity contribution in [2.75, 3.05) is 13.2 Å². The number of nitrogens with zero attached hydrogens (tertiary/aromatic N) is 1. The van der Waals surface area contributed by atoms with Crippen LogP contribution in [0.15, 0.2) is 24.4 Å². The van der Waals surface area contributed by atoms with Gasteiger partial charge in [0.2, 0.25) is 11.9 Å². The molecule has 0 aliphatic heterocycles. The Morgan fingerprint density at radius 2 is 1.85 bits per heavy atom. The van der Waals surface area contributed by atoms with Crippen LogP contribution in [0.25, 0.3) is 10.9 Å². The summed E-state index contributed by atoms with van der Waals surface area (Å²) in [6.07, 6.45) is 1.93. The van der Waals surface area contributed by atoms with Crippen LogP contribution in [0.1, 0.15) is 19.4 Å². The largest absolute Gasteiger partial charge is 0.464 e. The molecule has 1 N–H and O–H groups in total. The van der Waals surface area contributed by atoms with E-state index < -0.39 is 17.5 Å². The normalized spacial score (nSPS) is 11.2. The van der Waals surface area contributed by atoms with Gasteiger partial charge in [-0.15, -0.1) is 0 Å². The van der Waals surface area contributed by atoms with Crippen LogP contribution in [0.5, 0.6) is 0 Å². The fraction of sp³-hybridized carbons (Fsp3) is 0.389. The summed E-state index contributed by atoms with van der Waals surface area (Å²) in [7, 11) is 1.81. The van der Waals surface area contributed by atoms with Gasteiger partial charge in [-0.1, -0.05) is 23.7 Å². The van der Waals surface area contributed by atoms with Gasteiger partial charge >= 0.3 is 11.9 Å². The first-order valence-electron chi connectivity index (χ1n) is 8.19. The van der Waals surface area contributed by atoms with E-state index in [9.17, 15) is 14.4 Å². The first-order valence-corrected chi connectivity index (χ1v) is 8.57. The first kappa shape index (κ1) is 19.8. The number of carbonyl (C=O) groups excluding carboxylic acids is 3. The quantitative estimate of drug-likeness (QED) is 0.430. The van der Waals surface area contributed by atoms with E-state index in [1.807, 2.05) is 6.07 Å². The maximum Gasteiger partial charge on any atom is 0.344 e. The predicted octanol–water partition coefficient (Wildman–Crippen LogP) is 1.99. The monoisotopic (exact) mass is 380 g/mol. The van der Waals surface area contributed by atoms with Gasteiger partial charge in [-0.3, -0.25) is 4.79 Å². The molecule has 0 atom stereocenters. The number of nitrogens with one attached hydrogen (secondary N) is 1. The van der Waals surface area contributed by atoms with Crippen LogP contribution in [-0.4, -0.2) is 41.7 Å².